The van der Waals surface area contributed by atoms with Crippen LogP contribution in [0.4, 0.5) is 5.69 Å². The minimum absolute atomic E-state index is 0. The molecule has 0 aliphatic carbocycles. The molecule has 3 rings (SSSR count). The second-order valence-electron chi connectivity index (χ2n) is 5.68. The second-order valence-corrected chi connectivity index (χ2v) is 5.68. The summed E-state index contributed by atoms with van der Waals surface area (Å²) in [4.78, 5) is 26.4. The highest BCUT2D eigenvalue weighted by molar-refractivity contribution is 6.01. The van der Waals surface area contributed by atoms with Crippen molar-refractivity contribution in [1.82, 2.24) is 10.6 Å². The number of hydrogen-bond donors (Lipinski definition) is 2. The topological polar surface area (TPSA) is 61.4 Å². The summed E-state index contributed by atoms with van der Waals surface area (Å²) in [6.45, 7) is 1.54. The van der Waals surface area contributed by atoms with Gasteiger partial charge < -0.3 is 15.5 Å². The van der Waals surface area contributed by atoms with E-state index in [1.54, 1.807) is 4.90 Å². The average molecular weight is 324 g/mol. The first-order chi connectivity index (χ1) is 10.3. The molecule has 2 amide bonds. The molecule has 2 unspecified atom stereocenters. The Morgan fingerprint density at radius 2 is 1.95 bits per heavy atom. The molecule has 1 aromatic carbocycles. The molecule has 6 heteroatoms. The van der Waals surface area contributed by atoms with Crippen molar-refractivity contribution in [3.8, 4) is 0 Å². The Hall–Kier alpha value is -1.59. The van der Waals surface area contributed by atoms with Crippen molar-refractivity contribution in [2.45, 2.75) is 37.8 Å². The van der Waals surface area contributed by atoms with Crippen molar-refractivity contribution in [3.63, 3.8) is 0 Å². The highest BCUT2D eigenvalue weighted by Crippen LogP contribution is 2.21. The Labute approximate surface area is 136 Å². The number of nitrogens with zero attached hydrogens (tertiary/aromatic N) is 1. The van der Waals surface area contributed by atoms with Crippen molar-refractivity contribution in [1.29, 1.82) is 0 Å². The van der Waals surface area contributed by atoms with Crippen LogP contribution in [-0.4, -0.2) is 37.0 Å². The van der Waals surface area contributed by atoms with Gasteiger partial charge in [0, 0.05) is 12.2 Å². The smallest absolute Gasteiger partial charge is 0.249 e. The zero-order valence-electron chi connectivity index (χ0n) is 12.5. The third kappa shape index (κ3) is 3.59. The highest BCUT2D eigenvalue weighted by atomic mass is 35.5. The van der Waals surface area contributed by atoms with Crippen LogP contribution in [0.25, 0.3) is 0 Å². The molecule has 22 heavy (non-hydrogen) atoms. The summed E-state index contributed by atoms with van der Waals surface area (Å²) in [7, 11) is 0. The number of hydrogen-bond acceptors (Lipinski definition) is 3. The van der Waals surface area contributed by atoms with Crippen LogP contribution in [0.3, 0.4) is 0 Å². The van der Waals surface area contributed by atoms with Gasteiger partial charge in [0.2, 0.25) is 11.8 Å². The maximum atomic E-state index is 12.4. The molecule has 0 spiro atoms. The first-order valence-electron chi connectivity index (χ1n) is 7.66. The van der Waals surface area contributed by atoms with Crippen LogP contribution in [0.15, 0.2) is 30.3 Å². The zero-order valence-corrected chi connectivity index (χ0v) is 13.3. The van der Waals surface area contributed by atoms with E-state index in [0.29, 0.717) is 13.0 Å². The first-order valence-corrected chi connectivity index (χ1v) is 7.66. The molecule has 1 aromatic rings. The lowest BCUT2D eigenvalue weighted by molar-refractivity contribution is -0.128. The molecular weight excluding hydrogens is 302 g/mol. The van der Waals surface area contributed by atoms with Gasteiger partial charge in [-0.25, -0.2) is 0 Å². The number of nitrogens with one attached hydrogen (secondary N) is 2. The predicted molar refractivity (Wildman–Crippen MR) is 88.2 cm³/mol. The van der Waals surface area contributed by atoms with Gasteiger partial charge in [-0.15, -0.1) is 12.4 Å². The van der Waals surface area contributed by atoms with E-state index in [1.165, 1.54) is 0 Å². The third-order valence-corrected chi connectivity index (χ3v) is 4.22. The first kappa shape index (κ1) is 16.8. The number of amides is 2. The molecular formula is C16H22ClN3O2. The number of rotatable bonds is 3. The summed E-state index contributed by atoms with van der Waals surface area (Å²) < 4.78 is 0. The van der Waals surface area contributed by atoms with Gasteiger partial charge >= 0.3 is 0 Å². The quantitative estimate of drug-likeness (QED) is 0.885. The fourth-order valence-electron chi connectivity index (χ4n) is 3.03. The lowest BCUT2D eigenvalue weighted by Crippen LogP contribution is -2.51. The number of para-hydroxylation sites is 1. The molecule has 0 saturated carbocycles. The van der Waals surface area contributed by atoms with Gasteiger partial charge in [-0.2, -0.15) is 0 Å². The van der Waals surface area contributed by atoms with Crippen LogP contribution >= 0.6 is 12.4 Å². The largest absolute Gasteiger partial charge is 0.343 e. The van der Waals surface area contributed by atoms with Gasteiger partial charge in [0.25, 0.3) is 0 Å². The maximum Gasteiger partial charge on any atom is 0.249 e. The van der Waals surface area contributed by atoms with E-state index < -0.39 is 0 Å². The summed E-state index contributed by atoms with van der Waals surface area (Å²) in [6, 6.07) is 9.08. The van der Waals surface area contributed by atoms with Gasteiger partial charge in [0.15, 0.2) is 0 Å². The Kier molecular flexibility index (Phi) is 5.80. The summed E-state index contributed by atoms with van der Waals surface area (Å²) in [5.74, 6) is -0.0479. The number of anilines is 1. The number of carbonyl (C=O) groups is 2. The van der Waals surface area contributed by atoms with Gasteiger partial charge in [-0.1, -0.05) is 24.6 Å². The molecule has 0 radical (unpaired) electrons. The van der Waals surface area contributed by atoms with Crippen molar-refractivity contribution in [2.24, 2.45) is 0 Å². The molecule has 0 bridgehead atoms. The summed E-state index contributed by atoms with van der Waals surface area (Å²) >= 11 is 0. The molecule has 2 heterocycles. The molecule has 5 nitrogen and oxygen atoms in total. The van der Waals surface area contributed by atoms with E-state index in [-0.39, 0.29) is 36.3 Å². The van der Waals surface area contributed by atoms with E-state index >= 15 is 0 Å². The molecule has 2 N–H and O–H groups in total. The monoisotopic (exact) mass is 323 g/mol. The lowest BCUT2D eigenvalue weighted by atomic mass is 10.0. The van der Waals surface area contributed by atoms with Crippen molar-refractivity contribution < 1.29 is 9.59 Å². The Morgan fingerprint density at radius 3 is 2.64 bits per heavy atom. The van der Waals surface area contributed by atoms with E-state index in [9.17, 15) is 9.59 Å². The fraction of sp³-hybridized carbons (Fsp3) is 0.500. The Morgan fingerprint density at radius 1 is 1.18 bits per heavy atom. The molecule has 120 valence electrons. The van der Waals surface area contributed by atoms with Gasteiger partial charge in [0.05, 0.1) is 6.04 Å². The molecule has 2 aliphatic heterocycles. The van der Waals surface area contributed by atoms with Crippen LogP contribution in [0.1, 0.15) is 25.7 Å². The molecule has 2 atom stereocenters. The van der Waals surface area contributed by atoms with Crippen molar-refractivity contribution in [2.75, 3.05) is 18.0 Å². The van der Waals surface area contributed by atoms with E-state index in [0.717, 1.165) is 31.5 Å². The number of halogens is 1. The second kappa shape index (κ2) is 7.61. The SMILES string of the molecule is Cl.O=C(NC1CCN(c2ccccc2)C1=O)C1CCCCN1. The zero-order chi connectivity index (χ0) is 14.7. The van der Waals surface area contributed by atoms with Crippen molar-refractivity contribution in [3.05, 3.63) is 30.3 Å². The highest BCUT2D eigenvalue weighted by Gasteiger charge is 2.34. The van der Waals surface area contributed by atoms with E-state index in [4.69, 9.17) is 0 Å². The Bertz CT molecular complexity index is 517. The van der Waals surface area contributed by atoms with Crippen LogP contribution in [0.2, 0.25) is 0 Å². The minimum atomic E-state index is -0.388. The number of benzene rings is 1. The number of piperidine rings is 1. The Balaban J connectivity index is 0.00000176. The van der Waals surface area contributed by atoms with Crippen LogP contribution < -0.4 is 15.5 Å². The normalized spacial score (nSPS) is 24.7. The summed E-state index contributed by atoms with van der Waals surface area (Å²) in [5, 5.41) is 6.12. The minimum Gasteiger partial charge on any atom is -0.343 e. The predicted octanol–water partition coefficient (Wildman–Crippen LogP) is 1.47. The van der Waals surface area contributed by atoms with Gasteiger partial charge in [-0.05, 0) is 37.9 Å². The van der Waals surface area contributed by atoms with Crippen LogP contribution in [0.5, 0.6) is 0 Å². The molecule has 2 fully saturated rings. The van der Waals surface area contributed by atoms with Gasteiger partial charge in [-0.3, -0.25) is 9.59 Å². The molecule has 0 aromatic heterocycles. The van der Waals surface area contributed by atoms with Crippen molar-refractivity contribution >= 4 is 29.9 Å². The molecule has 2 saturated heterocycles. The summed E-state index contributed by atoms with van der Waals surface area (Å²) in [5.41, 5.74) is 0.898. The lowest BCUT2D eigenvalue weighted by Gasteiger charge is -2.24. The van der Waals surface area contributed by atoms with E-state index in [2.05, 4.69) is 10.6 Å². The standard InChI is InChI=1S/C16H21N3O2.ClH/c20-15(13-8-4-5-10-17-13)18-14-9-11-19(16(14)21)12-6-2-1-3-7-12;/h1-3,6-7,13-14,17H,4-5,8-11H2,(H,18,20);1H. The number of carbonyl (C=O) groups excluding carboxylic acids is 2. The fourth-order valence-corrected chi connectivity index (χ4v) is 3.03. The van der Waals surface area contributed by atoms with E-state index in [1.807, 2.05) is 30.3 Å². The average Bonchev–Trinajstić information content (AvgIpc) is 2.90. The van der Waals surface area contributed by atoms with Crippen LogP contribution in [0, 0.1) is 0 Å². The summed E-state index contributed by atoms with van der Waals surface area (Å²) in [6.07, 6.45) is 3.72. The van der Waals surface area contributed by atoms with Crippen LogP contribution in [-0.2, 0) is 9.59 Å². The third-order valence-electron chi connectivity index (χ3n) is 4.22. The molecule has 2 aliphatic rings. The van der Waals surface area contributed by atoms with Gasteiger partial charge in [0.1, 0.15) is 6.04 Å². The maximum absolute atomic E-state index is 12.4.